The highest BCUT2D eigenvalue weighted by Crippen LogP contribution is 2.17. The van der Waals surface area contributed by atoms with Crippen LogP contribution in [-0.4, -0.2) is 30.6 Å². The van der Waals surface area contributed by atoms with Crippen LogP contribution in [0.15, 0.2) is 53.5 Å². The van der Waals surface area contributed by atoms with Crippen LogP contribution in [0.2, 0.25) is 0 Å². The number of nitrogens with one attached hydrogen (secondary N) is 3. The second-order valence-electron chi connectivity index (χ2n) is 5.88. The molecule has 8 nitrogen and oxygen atoms in total. The molecule has 1 amide bonds. The molecule has 3 N–H and O–H groups in total. The third kappa shape index (κ3) is 2.88. The molecule has 0 spiro atoms. The van der Waals surface area contributed by atoms with Crippen molar-refractivity contribution >= 4 is 16.8 Å². The van der Waals surface area contributed by atoms with Crippen LogP contribution < -0.4 is 10.9 Å². The Morgan fingerprint density at radius 1 is 1.23 bits per heavy atom. The van der Waals surface area contributed by atoms with Gasteiger partial charge in [0.2, 0.25) is 0 Å². The average molecular weight is 348 g/mol. The Bertz CT molecular complexity index is 1150. The number of carbonyl (C=O) groups is 1. The molecule has 26 heavy (non-hydrogen) atoms. The van der Waals surface area contributed by atoms with E-state index in [1.807, 2.05) is 36.0 Å². The topological polar surface area (TPSA) is 108 Å². The van der Waals surface area contributed by atoms with E-state index in [0.29, 0.717) is 28.1 Å². The highest BCUT2D eigenvalue weighted by atomic mass is 16.2. The summed E-state index contributed by atoms with van der Waals surface area (Å²) in [6.07, 6.45) is 1.91. The van der Waals surface area contributed by atoms with Gasteiger partial charge in [-0.05, 0) is 30.3 Å². The van der Waals surface area contributed by atoms with Gasteiger partial charge in [0.05, 0.1) is 23.1 Å². The maximum absolute atomic E-state index is 12.3. The van der Waals surface area contributed by atoms with E-state index < -0.39 is 0 Å². The summed E-state index contributed by atoms with van der Waals surface area (Å²) in [7, 11) is 1.91. The van der Waals surface area contributed by atoms with E-state index in [9.17, 15) is 9.59 Å². The lowest BCUT2D eigenvalue weighted by Gasteiger charge is -2.04. The van der Waals surface area contributed by atoms with Gasteiger partial charge in [-0.25, -0.2) is 4.98 Å². The van der Waals surface area contributed by atoms with Crippen molar-refractivity contribution < 1.29 is 4.79 Å². The standard InChI is InChI=1S/C18H16N6O2/c1-24-8-4-7-15(24)13-9-14(23-22-13)18(26)19-10-16-20-12-6-3-2-5-11(12)17(25)21-16/h2-9H,10H2,1H3,(H,19,26)(H,22,23)(H,20,21,25). The zero-order valence-electron chi connectivity index (χ0n) is 14.0. The Hall–Kier alpha value is -3.68. The molecule has 0 atom stereocenters. The van der Waals surface area contributed by atoms with Crippen molar-refractivity contribution in [2.75, 3.05) is 0 Å². The predicted molar refractivity (Wildman–Crippen MR) is 96.5 cm³/mol. The lowest BCUT2D eigenvalue weighted by molar-refractivity contribution is 0.0945. The molecule has 3 aromatic heterocycles. The van der Waals surface area contributed by atoms with Crippen LogP contribution in [0.1, 0.15) is 16.3 Å². The number of aromatic amines is 2. The summed E-state index contributed by atoms with van der Waals surface area (Å²) in [5.74, 6) is 0.0676. The summed E-state index contributed by atoms with van der Waals surface area (Å²) < 4.78 is 1.92. The molecule has 0 bridgehead atoms. The Morgan fingerprint density at radius 3 is 2.88 bits per heavy atom. The number of benzene rings is 1. The molecule has 0 aliphatic heterocycles. The van der Waals surface area contributed by atoms with Gasteiger partial charge in [0.25, 0.3) is 11.5 Å². The Kier molecular flexibility index (Phi) is 3.85. The first-order valence-corrected chi connectivity index (χ1v) is 8.05. The summed E-state index contributed by atoms with van der Waals surface area (Å²) in [5, 5.41) is 10.1. The normalized spacial score (nSPS) is 11.0. The molecule has 4 aromatic rings. The largest absolute Gasteiger partial charge is 0.349 e. The summed E-state index contributed by atoms with van der Waals surface area (Å²) >= 11 is 0. The van der Waals surface area contributed by atoms with Crippen LogP contribution >= 0.6 is 0 Å². The highest BCUT2D eigenvalue weighted by Gasteiger charge is 2.13. The van der Waals surface area contributed by atoms with Gasteiger partial charge in [0, 0.05) is 13.2 Å². The molecule has 0 saturated carbocycles. The van der Waals surface area contributed by atoms with Gasteiger partial charge in [-0.1, -0.05) is 12.1 Å². The van der Waals surface area contributed by atoms with E-state index in [0.717, 1.165) is 5.69 Å². The lowest BCUT2D eigenvalue weighted by atomic mass is 10.2. The van der Waals surface area contributed by atoms with Gasteiger partial charge in [-0.15, -0.1) is 0 Å². The molecule has 130 valence electrons. The summed E-state index contributed by atoms with van der Waals surface area (Å²) in [4.78, 5) is 31.4. The zero-order chi connectivity index (χ0) is 18.1. The van der Waals surface area contributed by atoms with Crippen molar-refractivity contribution in [1.82, 2.24) is 30.0 Å². The first kappa shape index (κ1) is 15.8. The molecule has 0 radical (unpaired) electrons. The number of carbonyl (C=O) groups excluding carboxylic acids is 1. The van der Waals surface area contributed by atoms with Gasteiger partial charge in [-0.2, -0.15) is 5.10 Å². The molecule has 0 aliphatic carbocycles. The summed E-state index contributed by atoms with van der Waals surface area (Å²) in [6, 6.07) is 12.6. The first-order chi connectivity index (χ1) is 12.6. The van der Waals surface area contributed by atoms with Crippen LogP contribution in [-0.2, 0) is 13.6 Å². The number of aromatic nitrogens is 5. The van der Waals surface area contributed by atoms with Crippen LogP contribution in [0, 0.1) is 0 Å². The number of para-hydroxylation sites is 1. The Morgan fingerprint density at radius 2 is 2.08 bits per heavy atom. The molecule has 0 fully saturated rings. The average Bonchev–Trinajstić information content (AvgIpc) is 3.28. The Balaban J connectivity index is 1.50. The summed E-state index contributed by atoms with van der Waals surface area (Å²) in [6.45, 7) is 0.109. The van der Waals surface area contributed by atoms with Crippen molar-refractivity contribution in [2.45, 2.75) is 6.54 Å². The van der Waals surface area contributed by atoms with Gasteiger partial charge in [0.15, 0.2) is 0 Å². The fourth-order valence-electron chi connectivity index (χ4n) is 2.77. The van der Waals surface area contributed by atoms with Crippen LogP contribution in [0.5, 0.6) is 0 Å². The van der Waals surface area contributed by atoms with Crippen LogP contribution in [0.4, 0.5) is 0 Å². The van der Waals surface area contributed by atoms with Crippen LogP contribution in [0.3, 0.4) is 0 Å². The van der Waals surface area contributed by atoms with Crippen molar-refractivity contribution in [3.63, 3.8) is 0 Å². The van der Waals surface area contributed by atoms with E-state index in [1.165, 1.54) is 0 Å². The molecule has 4 rings (SSSR count). The van der Waals surface area contributed by atoms with Crippen molar-refractivity contribution in [3.05, 3.63) is 70.5 Å². The van der Waals surface area contributed by atoms with E-state index in [2.05, 4.69) is 25.5 Å². The zero-order valence-corrected chi connectivity index (χ0v) is 14.0. The number of aryl methyl sites for hydroxylation is 1. The first-order valence-electron chi connectivity index (χ1n) is 8.05. The number of nitrogens with zero attached hydrogens (tertiary/aromatic N) is 3. The Labute approximate surface area is 147 Å². The maximum atomic E-state index is 12.3. The highest BCUT2D eigenvalue weighted by molar-refractivity contribution is 5.93. The quantitative estimate of drug-likeness (QED) is 0.520. The molecule has 0 saturated heterocycles. The van der Waals surface area contributed by atoms with Gasteiger partial charge in [0.1, 0.15) is 17.2 Å². The number of hydrogen-bond donors (Lipinski definition) is 3. The predicted octanol–water partition coefficient (Wildman–Crippen LogP) is 1.58. The minimum absolute atomic E-state index is 0.109. The number of fused-ring (bicyclic) bond motifs is 1. The minimum Gasteiger partial charge on any atom is -0.349 e. The van der Waals surface area contributed by atoms with Gasteiger partial charge < -0.3 is 14.9 Å². The van der Waals surface area contributed by atoms with E-state index in [1.54, 1.807) is 24.3 Å². The van der Waals surface area contributed by atoms with E-state index in [-0.39, 0.29) is 18.0 Å². The lowest BCUT2D eigenvalue weighted by Crippen LogP contribution is -2.25. The van der Waals surface area contributed by atoms with E-state index >= 15 is 0 Å². The number of H-pyrrole nitrogens is 2. The SMILES string of the molecule is Cn1cccc1-c1cc(C(=O)NCc2nc3ccccc3c(=O)[nH]2)[nH]n1. The smallest absolute Gasteiger partial charge is 0.269 e. The minimum atomic E-state index is -0.325. The third-order valence-corrected chi connectivity index (χ3v) is 4.11. The molecule has 0 aliphatic rings. The molecular formula is C18H16N6O2. The van der Waals surface area contributed by atoms with Gasteiger partial charge in [-0.3, -0.25) is 14.7 Å². The van der Waals surface area contributed by atoms with Crippen LogP contribution in [0.25, 0.3) is 22.3 Å². The molecular weight excluding hydrogens is 332 g/mol. The maximum Gasteiger partial charge on any atom is 0.269 e. The molecule has 0 unspecified atom stereocenters. The summed E-state index contributed by atoms with van der Waals surface area (Å²) in [5.41, 5.74) is 2.28. The third-order valence-electron chi connectivity index (χ3n) is 4.11. The van der Waals surface area contributed by atoms with Crippen molar-refractivity contribution in [2.24, 2.45) is 7.05 Å². The van der Waals surface area contributed by atoms with Crippen molar-refractivity contribution in [1.29, 1.82) is 0 Å². The molecule has 3 heterocycles. The monoisotopic (exact) mass is 348 g/mol. The fraction of sp³-hybridized carbons (Fsp3) is 0.111. The number of rotatable bonds is 4. The second kappa shape index (κ2) is 6.32. The van der Waals surface area contributed by atoms with Gasteiger partial charge >= 0.3 is 0 Å². The second-order valence-corrected chi connectivity index (χ2v) is 5.88. The number of amides is 1. The molecule has 1 aromatic carbocycles. The molecule has 8 heteroatoms. The fourth-order valence-corrected chi connectivity index (χ4v) is 2.77. The number of hydrogen-bond acceptors (Lipinski definition) is 4. The van der Waals surface area contributed by atoms with E-state index in [4.69, 9.17) is 0 Å². The van der Waals surface area contributed by atoms with Crippen molar-refractivity contribution in [3.8, 4) is 11.4 Å².